The van der Waals surface area contributed by atoms with Crippen molar-refractivity contribution < 1.29 is 0 Å². The molecule has 0 fully saturated rings. The molecule has 6 nitrogen and oxygen atoms in total. The molecule has 1 aromatic rings. The molecule has 0 spiro atoms. The normalized spacial score (nSPS) is 14.2. The zero-order valence-electron chi connectivity index (χ0n) is 8.50. The molecule has 0 saturated carbocycles. The van der Waals surface area contributed by atoms with E-state index in [4.69, 9.17) is 0 Å². The zero-order chi connectivity index (χ0) is 11.5. The van der Waals surface area contributed by atoms with Crippen LogP contribution in [0.15, 0.2) is 25.1 Å². The van der Waals surface area contributed by atoms with E-state index in [9.17, 15) is 0 Å². The minimum atomic E-state index is 0.507. The van der Waals surface area contributed by atoms with Crippen molar-refractivity contribution in [1.29, 1.82) is 0 Å². The van der Waals surface area contributed by atoms with Gasteiger partial charge in [0.1, 0.15) is 0 Å². The first kappa shape index (κ1) is 10.9. The van der Waals surface area contributed by atoms with E-state index >= 15 is 0 Å². The fourth-order valence-corrected chi connectivity index (χ4v) is 1.52. The molecule has 0 saturated heterocycles. The van der Waals surface area contributed by atoms with Crippen molar-refractivity contribution in [3.8, 4) is 0 Å². The Balaban J connectivity index is 2.22. The first-order chi connectivity index (χ1) is 7.70. The average molecular weight is 283 g/mol. The molecule has 1 aliphatic heterocycles. The maximum Gasteiger partial charge on any atom is 0.247 e. The summed E-state index contributed by atoms with van der Waals surface area (Å²) < 4.78 is 2.21. The van der Waals surface area contributed by atoms with Gasteiger partial charge in [0.15, 0.2) is 5.82 Å². The summed E-state index contributed by atoms with van der Waals surface area (Å²) in [6.07, 6.45) is 3.39. The molecule has 16 heavy (non-hydrogen) atoms. The second kappa shape index (κ2) is 4.50. The topological polar surface area (TPSA) is 66.8 Å². The average Bonchev–Trinajstić information content (AvgIpc) is 2.87. The lowest BCUT2D eigenvalue weighted by Crippen LogP contribution is -2.21. The van der Waals surface area contributed by atoms with Crippen molar-refractivity contribution in [3.63, 3.8) is 0 Å². The van der Waals surface area contributed by atoms with Crippen LogP contribution in [0.1, 0.15) is 5.82 Å². The lowest BCUT2D eigenvalue weighted by atomic mass is 10.5. The molecule has 0 radical (unpaired) electrons. The predicted octanol–water partition coefficient (Wildman–Crippen LogP) is 1.11. The minimum absolute atomic E-state index is 0.507. The van der Waals surface area contributed by atoms with Gasteiger partial charge in [-0.15, -0.1) is 5.10 Å². The molecule has 3 N–H and O–H groups in total. The first-order valence-corrected chi connectivity index (χ1v) is 5.38. The number of hydrogen-bond acceptors (Lipinski definition) is 5. The highest BCUT2D eigenvalue weighted by atomic mass is 79.9. The van der Waals surface area contributed by atoms with Crippen molar-refractivity contribution in [2.45, 2.75) is 0 Å². The third kappa shape index (κ3) is 2.15. The minimum Gasteiger partial charge on any atom is -0.327 e. The summed E-state index contributed by atoms with van der Waals surface area (Å²) in [5.74, 6) is 1.13. The Hall–Kier alpha value is -1.60. The van der Waals surface area contributed by atoms with Gasteiger partial charge in [0.25, 0.3) is 0 Å². The molecule has 0 aliphatic carbocycles. The van der Waals surface area contributed by atoms with Crippen molar-refractivity contribution in [1.82, 2.24) is 25.6 Å². The highest BCUT2D eigenvalue weighted by Crippen LogP contribution is 2.18. The van der Waals surface area contributed by atoms with Crippen molar-refractivity contribution in [3.05, 3.63) is 30.9 Å². The van der Waals surface area contributed by atoms with E-state index in [2.05, 4.69) is 55.3 Å². The number of hydrogen-bond donors (Lipinski definition) is 3. The summed E-state index contributed by atoms with van der Waals surface area (Å²) in [6.45, 7) is 8.11. The number of hydrazine groups is 1. The van der Waals surface area contributed by atoms with Gasteiger partial charge < -0.3 is 10.7 Å². The van der Waals surface area contributed by atoms with Crippen LogP contribution < -0.4 is 16.2 Å². The van der Waals surface area contributed by atoms with Crippen LogP contribution >= 0.6 is 15.9 Å². The number of aromatic nitrogens is 3. The van der Waals surface area contributed by atoms with Crippen molar-refractivity contribution in [2.75, 3.05) is 11.9 Å². The molecule has 1 aromatic heterocycles. The monoisotopic (exact) mass is 282 g/mol. The van der Waals surface area contributed by atoms with Crippen LogP contribution in [0.25, 0.3) is 10.7 Å². The molecule has 0 bridgehead atoms. The second-order valence-electron chi connectivity index (χ2n) is 3.08. The van der Waals surface area contributed by atoms with Gasteiger partial charge in [0.05, 0.1) is 16.7 Å². The lowest BCUT2D eigenvalue weighted by Gasteiger charge is -1.98. The lowest BCUT2D eigenvalue weighted by molar-refractivity contribution is 0.722. The molecular formula is C9H11BrN6. The quantitative estimate of drug-likeness (QED) is 0.772. The molecule has 0 atom stereocenters. The Labute approximate surface area is 101 Å². The fraction of sp³-hybridized carbons (Fsp3) is 0.111. The van der Waals surface area contributed by atoms with Crippen molar-refractivity contribution >= 4 is 32.6 Å². The Kier molecular flexibility index (Phi) is 3.07. The van der Waals surface area contributed by atoms with E-state index < -0.39 is 0 Å². The molecule has 2 rings (SSSR count). The van der Waals surface area contributed by atoms with E-state index in [-0.39, 0.29) is 0 Å². The maximum absolute atomic E-state index is 4.27. The fourth-order valence-electron chi connectivity index (χ4n) is 1.25. The highest BCUT2D eigenvalue weighted by molar-refractivity contribution is 9.15. The Morgan fingerprint density at radius 1 is 1.69 bits per heavy atom. The number of rotatable bonds is 4. The van der Waals surface area contributed by atoms with Gasteiger partial charge >= 0.3 is 0 Å². The van der Waals surface area contributed by atoms with Gasteiger partial charge in [-0.3, -0.25) is 0 Å². The summed E-state index contributed by atoms with van der Waals surface area (Å²) in [7, 11) is 0. The summed E-state index contributed by atoms with van der Waals surface area (Å²) in [4.78, 5) is 4.27. The SMILES string of the molecule is C=Cn1nc(NC2=CNNC2)nc1C(=C)Br. The smallest absolute Gasteiger partial charge is 0.247 e. The van der Waals surface area contributed by atoms with Gasteiger partial charge in [-0.25, -0.2) is 10.1 Å². The summed E-state index contributed by atoms with van der Waals surface area (Å²) in [5.41, 5.74) is 6.77. The first-order valence-electron chi connectivity index (χ1n) is 4.59. The van der Waals surface area contributed by atoms with Crippen molar-refractivity contribution in [2.24, 2.45) is 0 Å². The van der Waals surface area contributed by atoms with Gasteiger partial charge in [-0.05, 0) is 15.9 Å². The van der Waals surface area contributed by atoms with Crippen LogP contribution in [0, 0.1) is 0 Å². The van der Waals surface area contributed by atoms with E-state index in [1.54, 1.807) is 10.9 Å². The molecule has 7 heteroatoms. The van der Waals surface area contributed by atoms with Gasteiger partial charge in [0.2, 0.25) is 5.95 Å². The molecule has 2 heterocycles. The maximum atomic E-state index is 4.27. The molecular weight excluding hydrogens is 272 g/mol. The third-order valence-electron chi connectivity index (χ3n) is 1.95. The largest absolute Gasteiger partial charge is 0.327 e. The summed E-state index contributed by atoms with van der Waals surface area (Å²) in [5, 5.41) is 7.28. The van der Waals surface area contributed by atoms with Gasteiger partial charge in [-0.2, -0.15) is 4.98 Å². The number of halogens is 1. The second-order valence-corrected chi connectivity index (χ2v) is 4.04. The zero-order valence-corrected chi connectivity index (χ0v) is 10.1. The Bertz CT molecular complexity index is 461. The number of nitrogens with zero attached hydrogens (tertiary/aromatic N) is 3. The van der Waals surface area contributed by atoms with Crippen LogP contribution in [0.3, 0.4) is 0 Å². The Morgan fingerprint density at radius 3 is 3.00 bits per heavy atom. The van der Waals surface area contributed by atoms with E-state index in [1.807, 2.05) is 6.20 Å². The molecule has 0 amide bonds. The predicted molar refractivity (Wildman–Crippen MR) is 67.2 cm³/mol. The Morgan fingerprint density at radius 2 is 2.50 bits per heavy atom. The van der Waals surface area contributed by atoms with Crippen LogP contribution in [-0.4, -0.2) is 21.3 Å². The van der Waals surface area contributed by atoms with E-state index in [0.29, 0.717) is 22.8 Å². The van der Waals surface area contributed by atoms with Gasteiger partial charge in [0, 0.05) is 12.4 Å². The van der Waals surface area contributed by atoms with Crippen LogP contribution in [0.2, 0.25) is 0 Å². The van der Waals surface area contributed by atoms with Crippen LogP contribution in [-0.2, 0) is 0 Å². The standard InChI is InChI=1S/C9H11BrN6/c1-3-16-8(6(2)10)14-9(15-16)13-7-4-11-12-5-7/h3-4,11-12H,1-2,5H2,(H,13,15). The third-order valence-corrected chi connectivity index (χ3v) is 2.30. The highest BCUT2D eigenvalue weighted by Gasteiger charge is 2.11. The molecule has 0 aromatic carbocycles. The van der Waals surface area contributed by atoms with Crippen LogP contribution in [0.4, 0.5) is 5.95 Å². The number of anilines is 1. The van der Waals surface area contributed by atoms with Gasteiger partial charge in [-0.1, -0.05) is 13.2 Å². The summed E-state index contributed by atoms with van der Waals surface area (Å²) >= 11 is 3.27. The number of nitrogens with one attached hydrogen (secondary N) is 3. The summed E-state index contributed by atoms with van der Waals surface area (Å²) in [6, 6.07) is 0. The van der Waals surface area contributed by atoms with Crippen LogP contribution in [0.5, 0.6) is 0 Å². The molecule has 84 valence electrons. The molecule has 1 aliphatic rings. The van der Waals surface area contributed by atoms with E-state index in [0.717, 1.165) is 5.70 Å². The van der Waals surface area contributed by atoms with E-state index in [1.165, 1.54) is 0 Å². The molecule has 0 unspecified atom stereocenters.